The van der Waals surface area contributed by atoms with E-state index in [9.17, 15) is 0 Å². The van der Waals surface area contributed by atoms with Crippen molar-refractivity contribution in [3.63, 3.8) is 0 Å². The smallest absolute Gasteiger partial charge is 0.252 e. The van der Waals surface area contributed by atoms with Crippen molar-refractivity contribution in [1.29, 1.82) is 0 Å². The highest BCUT2D eigenvalue weighted by molar-refractivity contribution is 7.00. The first kappa shape index (κ1) is 41.5. The quantitative estimate of drug-likeness (QED) is 0.161. The van der Waals surface area contributed by atoms with Crippen molar-refractivity contribution in [2.24, 2.45) is 0 Å². The second-order valence-electron chi connectivity index (χ2n) is 21.8. The summed E-state index contributed by atoms with van der Waals surface area (Å²) < 4.78 is 6.93. The van der Waals surface area contributed by atoms with Gasteiger partial charge in [-0.1, -0.05) is 139 Å². The maximum absolute atomic E-state index is 6.93. The monoisotopic (exact) mass is 871 g/mol. The summed E-state index contributed by atoms with van der Waals surface area (Å²) in [4.78, 5) is 7.56. The fraction of sp³-hybridized carbons (Fsp3) is 0.226. The van der Waals surface area contributed by atoms with E-state index in [4.69, 9.17) is 4.42 Å². The summed E-state index contributed by atoms with van der Waals surface area (Å²) >= 11 is 0. The second-order valence-corrected chi connectivity index (χ2v) is 21.8. The number of nitrogens with zero attached hydrogens (tertiary/aromatic N) is 3. The van der Waals surface area contributed by atoms with Crippen molar-refractivity contribution in [3.8, 4) is 0 Å². The Morgan fingerprint density at radius 1 is 0.507 bits per heavy atom. The summed E-state index contributed by atoms with van der Waals surface area (Å²) in [6.45, 7) is 21.3. The second kappa shape index (κ2) is 14.8. The van der Waals surface area contributed by atoms with Crippen molar-refractivity contribution < 1.29 is 4.42 Å². The van der Waals surface area contributed by atoms with Crippen molar-refractivity contribution in [2.45, 2.75) is 91.4 Å². The minimum atomic E-state index is -0.0331. The third-order valence-corrected chi connectivity index (χ3v) is 15.4. The fourth-order valence-corrected chi connectivity index (χ4v) is 11.7. The van der Waals surface area contributed by atoms with Gasteiger partial charge in [-0.3, -0.25) is 0 Å². The predicted molar refractivity (Wildman–Crippen MR) is 286 cm³/mol. The Labute approximate surface area is 396 Å². The summed E-state index contributed by atoms with van der Waals surface area (Å²) in [6.07, 6.45) is 2.29. The Morgan fingerprint density at radius 3 is 1.76 bits per heavy atom. The number of fused-ring (bicyclic) bond motifs is 8. The van der Waals surface area contributed by atoms with Crippen LogP contribution in [0.2, 0.25) is 0 Å². The number of hydrogen-bond acceptors (Lipinski definition) is 4. The Bertz CT molecular complexity index is 3410. The van der Waals surface area contributed by atoms with E-state index in [-0.39, 0.29) is 23.0 Å². The van der Waals surface area contributed by atoms with E-state index in [2.05, 4.69) is 241 Å². The van der Waals surface area contributed by atoms with Gasteiger partial charge in [0.1, 0.15) is 5.58 Å². The lowest BCUT2D eigenvalue weighted by Crippen LogP contribution is -2.62. The Morgan fingerprint density at radius 2 is 1.10 bits per heavy atom. The number of aryl methyl sites for hydroxylation is 2. The number of rotatable bonds is 5. The van der Waals surface area contributed by atoms with Crippen LogP contribution in [0.4, 0.5) is 51.2 Å². The molecule has 0 saturated carbocycles. The van der Waals surface area contributed by atoms with Gasteiger partial charge in [-0.2, -0.15) is 0 Å². The van der Waals surface area contributed by atoms with E-state index in [1.165, 1.54) is 72.6 Å². The van der Waals surface area contributed by atoms with Crippen LogP contribution in [0, 0.1) is 13.8 Å². The van der Waals surface area contributed by atoms with E-state index >= 15 is 0 Å². The molecule has 0 N–H and O–H groups in total. The highest BCUT2D eigenvalue weighted by Crippen LogP contribution is 2.52. The highest BCUT2D eigenvalue weighted by Gasteiger charge is 2.47. The van der Waals surface area contributed by atoms with Gasteiger partial charge in [-0.25, -0.2) is 0 Å². The molecule has 2 aliphatic heterocycles. The maximum Gasteiger partial charge on any atom is 0.252 e. The molecule has 67 heavy (non-hydrogen) atoms. The molecule has 1 aliphatic carbocycles. The average Bonchev–Trinajstić information content (AvgIpc) is 3.70. The van der Waals surface area contributed by atoms with E-state index in [0.717, 1.165) is 57.5 Å². The molecule has 0 saturated heterocycles. The first-order valence-electron chi connectivity index (χ1n) is 24.2. The minimum absolute atomic E-state index is 0.0130. The molecule has 5 heteroatoms. The highest BCUT2D eigenvalue weighted by atomic mass is 16.3. The number of benzene rings is 8. The van der Waals surface area contributed by atoms with Gasteiger partial charge in [-0.05, 0) is 160 Å². The van der Waals surface area contributed by atoms with Crippen LogP contribution in [0.15, 0.2) is 168 Å². The van der Waals surface area contributed by atoms with Gasteiger partial charge in [0.2, 0.25) is 0 Å². The fourth-order valence-electron chi connectivity index (χ4n) is 11.7. The lowest BCUT2D eigenvalue weighted by molar-refractivity contribution is 0.332. The molecule has 8 aromatic carbocycles. The summed E-state index contributed by atoms with van der Waals surface area (Å²) in [5.41, 5.74) is 23.0. The van der Waals surface area contributed by atoms with Gasteiger partial charge < -0.3 is 19.1 Å². The number of para-hydroxylation sites is 4. The van der Waals surface area contributed by atoms with E-state index in [1.807, 2.05) is 0 Å². The van der Waals surface area contributed by atoms with Gasteiger partial charge in [0.25, 0.3) is 6.71 Å². The largest absolute Gasteiger partial charge is 0.454 e. The van der Waals surface area contributed by atoms with Crippen molar-refractivity contribution >= 4 is 96.2 Å². The maximum atomic E-state index is 6.93. The normalized spacial score (nSPS) is 15.6. The van der Waals surface area contributed by atoms with Crippen LogP contribution < -0.4 is 31.1 Å². The SMILES string of the molecule is Cc1cc2c3c(c1)N(c1cccc4c1oc1ccccc14)c1cc4c(cc1B3c1ccc(N(c3ccccc3)c3ccccc3)cc1N2c1ccc(C(C)(C)C)cc1C)C(C)(C)CCC4(C)C. The molecule has 0 atom stereocenters. The molecule has 330 valence electrons. The number of anilines is 9. The van der Waals surface area contributed by atoms with Crippen molar-refractivity contribution in [1.82, 2.24) is 0 Å². The molecular weight excluding hydrogens is 814 g/mol. The predicted octanol–water partition coefficient (Wildman–Crippen LogP) is 15.4. The summed E-state index contributed by atoms with van der Waals surface area (Å²) in [5.74, 6) is 0. The number of hydrogen-bond donors (Lipinski definition) is 0. The van der Waals surface area contributed by atoms with Crippen LogP contribution in [0.1, 0.15) is 89.1 Å². The molecule has 3 aliphatic rings. The van der Waals surface area contributed by atoms with Gasteiger partial charge in [0.15, 0.2) is 5.58 Å². The Hall–Kier alpha value is -6.98. The van der Waals surface area contributed by atoms with Crippen LogP contribution in [0.25, 0.3) is 21.9 Å². The van der Waals surface area contributed by atoms with E-state index in [1.54, 1.807) is 0 Å². The molecule has 0 spiro atoms. The molecule has 4 nitrogen and oxygen atoms in total. The molecule has 3 heterocycles. The lowest BCUT2D eigenvalue weighted by atomic mass is 9.33. The minimum Gasteiger partial charge on any atom is -0.454 e. The van der Waals surface area contributed by atoms with Gasteiger partial charge >= 0.3 is 0 Å². The summed E-state index contributed by atoms with van der Waals surface area (Å²) in [6, 6.07) is 61.3. The zero-order chi connectivity index (χ0) is 46.1. The zero-order valence-electron chi connectivity index (χ0n) is 40.3. The molecule has 0 amide bonds. The van der Waals surface area contributed by atoms with Crippen LogP contribution >= 0.6 is 0 Å². The summed E-state index contributed by atoms with van der Waals surface area (Å²) in [7, 11) is 0. The van der Waals surface area contributed by atoms with Gasteiger partial charge in [0, 0.05) is 56.3 Å². The molecular formula is C62H58BN3O. The first-order valence-corrected chi connectivity index (χ1v) is 24.2. The topological polar surface area (TPSA) is 22.9 Å². The van der Waals surface area contributed by atoms with E-state index in [0.29, 0.717) is 0 Å². The standard InChI is InChI=1S/C62H58BN3O/c1-39-33-55-58-56(34-39)66(52-25-18-24-46-45-23-16-17-26-57(45)67-59(46)52)54-38-48-47(61(6,7)31-32-62(48,8)9)37-50(54)63(58)49-29-28-44(64(42-19-12-10-13-20-42)43-21-14-11-15-22-43)36-53(49)65(55)51-30-27-41(35-40(51)2)60(3,4)5/h10-30,33-38H,31-32H2,1-9H3. The summed E-state index contributed by atoms with van der Waals surface area (Å²) in [5, 5.41) is 2.27. The number of furan rings is 1. The molecule has 0 unspecified atom stereocenters. The van der Waals surface area contributed by atoms with Gasteiger partial charge in [0.05, 0.1) is 5.69 Å². The molecule has 0 radical (unpaired) electrons. The van der Waals surface area contributed by atoms with Crippen molar-refractivity contribution in [2.75, 3.05) is 14.7 Å². The van der Waals surface area contributed by atoms with Crippen LogP contribution in [0.3, 0.4) is 0 Å². The molecule has 1 aromatic heterocycles. The van der Waals surface area contributed by atoms with Gasteiger partial charge in [-0.15, -0.1) is 0 Å². The van der Waals surface area contributed by atoms with E-state index < -0.39 is 0 Å². The average molecular weight is 872 g/mol. The molecule has 0 bridgehead atoms. The first-order chi connectivity index (χ1) is 32.2. The zero-order valence-corrected chi connectivity index (χ0v) is 40.3. The van der Waals surface area contributed by atoms with Crippen LogP contribution in [0.5, 0.6) is 0 Å². The van der Waals surface area contributed by atoms with Crippen LogP contribution in [-0.4, -0.2) is 6.71 Å². The molecule has 12 rings (SSSR count). The molecule has 9 aromatic rings. The van der Waals surface area contributed by atoms with Crippen molar-refractivity contribution in [3.05, 3.63) is 192 Å². The molecule has 0 fully saturated rings. The third kappa shape index (κ3) is 6.41. The van der Waals surface area contributed by atoms with Crippen LogP contribution in [-0.2, 0) is 16.2 Å². The lowest BCUT2D eigenvalue weighted by Gasteiger charge is -2.47. The third-order valence-electron chi connectivity index (χ3n) is 15.4. The Kier molecular flexibility index (Phi) is 9.13. The Balaban J connectivity index is 1.19.